The Morgan fingerprint density at radius 3 is 2.38 bits per heavy atom. The number of ether oxygens (including phenoxy) is 4. The Morgan fingerprint density at radius 2 is 1.61 bits per heavy atom. The van der Waals surface area contributed by atoms with Crippen molar-refractivity contribution in [1.82, 2.24) is 16.0 Å². The minimum absolute atomic E-state index is 0.0297. The summed E-state index contributed by atoms with van der Waals surface area (Å²) < 4.78 is 63.8. The van der Waals surface area contributed by atoms with Crippen LogP contribution in [0.3, 0.4) is 0 Å². The summed E-state index contributed by atoms with van der Waals surface area (Å²) in [5.41, 5.74) is 3.45. The van der Waals surface area contributed by atoms with E-state index >= 15 is 0 Å². The molecule has 8 atom stereocenters. The van der Waals surface area contributed by atoms with Crippen molar-refractivity contribution in [2.24, 2.45) is 23.7 Å². The van der Waals surface area contributed by atoms with Gasteiger partial charge in [-0.3, -0.25) is 18.9 Å². The number of phenolic OH excluding ortho intramolecular Hbond substituents is 1. The number of aromatic hydroxyl groups is 1. The molecule has 3 aromatic rings. The zero-order valence-electron chi connectivity index (χ0n) is 43.5. The maximum absolute atomic E-state index is 13.5. The van der Waals surface area contributed by atoms with E-state index in [0.29, 0.717) is 58.0 Å². The van der Waals surface area contributed by atoms with Gasteiger partial charge in [0.15, 0.2) is 23.1 Å². The van der Waals surface area contributed by atoms with Gasteiger partial charge in [-0.2, -0.15) is 8.42 Å². The number of carbonyl (C=O) groups excluding carboxylic acids is 2. The average Bonchev–Trinajstić information content (AvgIpc) is 3.98. The zero-order chi connectivity index (χ0) is 56.5. The standard InChI is InChI=1S/C56H68N4O17S2/c1-34-51(64)48(32-75-79(69,70)71)77-55(52(34)65)74-24-22-58-53(66)44-28-36(13-12-35-9-4-2-5-10-35)27-37(44)11-8-23-72-25-26-73-33-49(63)57-20-6-3-7-21-59-56(78)60-38-14-17-41(45(29-38)54(67)68)50-42-18-15-39(61)30-46(42)76-47-31-40(62)16-19-43(47)50/h2,4-5,8-19,29-31,34,36-37,44,48,51-52,54-55,61,64-65,67-68H,3,6-7,20-28,32-33H2,1H3,(H,57,63)(H,58,66)(H2,59,60,78)(H,69,70,71)/b11-8?,13-12+. The van der Waals surface area contributed by atoms with Crippen LogP contribution in [0.4, 0.5) is 5.69 Å². The monoisotopic (exact) mass is 1130 g/mol. The molecule has 2 heterocycles. The van der Waals surface area contributed by atoms with E-state index < -0.39 is 53.8 Å². The maximum Gasteiger partial charge on any atom is 0.397 e. The molecule has 2 aliphatic heterocycles. The summed E-state index contributed by atoms with van der Waals surface area (Å²) >= 11 is 5.50. The quantitative estimate of drug-likeness (QED) is 0.00843. The van der Waals surface area contributed by atoms with Gasteiger partial charge in [-0.1, -0.05) is 67.6 Å². The normalized spacial score (nSPS) is 21.6. The maximum atomic E-state index is 13.5. The fraction of sp³-hybridized carbons (Fsp3) is 0.429. The summed E-state index contributed by atoms with van der Waals surface area (Å²) in [6.07, 6.45) is 4.78. The Morgan fingerprint density at radius 1 is 0.848 bits per heavy atom. The largest absolute Gasteiger partial charge is 0.508 e. The van der Waals surface area contributed by atoms with Crippen molar-refractivity contribution in [3.63, 3.8) is 0 Å². The lowest BCUT2D eigenvalue weighted by Gasteiger charge is -2.40. The molecule has 0 spiro atoms. The smallest absolute Gasteiger partial charge is 0.397 e. The first-order chi connectivity index (χ1) is 37.9. The van der Waals surface area contributed by atoms with E-state index in [1.807, 2.05) is 48.6 Å². The number of nitrogens with one attached hydrogen (secondary N) is 4. The molecule has 79 heavy (non-hydrogen) atoms. The van der Waals surface area contributed by atoms with E-state index in [1.54, 1.807) is 30.3 Å². The van der Waals surface area contributed by atoms with Crippen LogP contribution in [-0.2, 0) is 43.1 Å². The lowest BCUT2D eigenvalue weighted by atomic mass is 9.90. The third-order valence-electron chi connectivity index (χ3n) is 13.7. The Labute approximate surface area is 462 Å². The predicted molar refractivity (Wildman–Crippen MR) is 297 cm³/mol. The van der Waals surface area contributed by atoms with Crippen molar-refractivity contribution < 1.29 is 75.6 Å². The molecule has 4 aliphatic rings. The van der Waals surface area contributed by atoms with Crippen molar-refractivity contribution in [2.45, 2.75) is 69.9 Å². The highest BCUT2D eigenvalue weighted by atomic mass is 32.3. The summed E-state index contributed by atoms with van der Waals surface area (Å²) in [5, 5.41) is 65.0. The number of hydrogen-bond donors (Lipinski definition) is 10. The number of hydrogen-bond acceptors (Lipinski definition) is 17. The molecule has 426 valence electrons. The Hall–Kier alpha value is -6.19. The lowest BCUT2D eigenvalue weighted by molar-refractivity contribution is -0.285. The molecule has 2 amide bonds. The van der Waals surface area contributed by atoms with Crippen LogP contribution in [0.25, 0.3) is 39.5 Å². The summed E-state index contributed by atoms with van der Waals surface area (Å²) in [5.74, 6) is -1.28. The average molecular weight is 1130 g/mol. The molecule has 2 fully saturated rings. The van der Waals surface area contributed by atoms with Crippen molar-refractivity contribution in [3.05, 3.63) is 125 Å². The second kappa shape index (κ2) is 29.3. The van der Waals surface area contributed by atoms with Crippen LogP contribution in [-0.4, -0.2) is 139 Å². The van der Waals surface area contributed by atoms with Crippen molar-refractivity contribution in [2.75, 3.05) is 64.6 Å². The van der Waals surface area contributed by atoms with E-state index in [0.717, 1.165) is 31.2 Å². The van der Waals surface area contributed by atoms with E-state index in [-0.39, 0.29) is 91.6 Å². The molecule has 0 radical (unpaired) electrons. The minimum Gasteiger partial charge on any atom is -0.508 e. The number of anilines is 1. The van der Waals surface area contributed by atoms with Crippen LogP contribution >= 0.6 is 12.2 Å². The Balaban J connectivity index is 0.767. The van der Waals surface area contributed by atoms with Crippen LogP contribution in [0.1, 0.15) is 56.4 Å². The first-order valence-electron chi connectivity index (χ1n) is 26.0. The fourth-order valence-corrected chi connectivity index (χ4v) is 10.1. The van der Waals surface area contributed by atoms with Gasteiger partial charge in [-0.05, 0) is 104 Å². The van der Waals surface area contributed by atoms with E-state index in [9.17, 15) is 48.3 Å². The second-order valence-electron chi connectivity index (χ2n) is 19.4. The Bertz CT molecular complexity index is 3030. The molecular weight excluding hydrogens is 1060 g/mol. The van der Waals surface area contributed by atoms with Gasteiger partial charge in [0.2, 0.25) is 11.8 Å². The lowest BCUT2D eigenvalue weighted by Crippen LogP contribution is -2.55. The SMILES string of the molecule is CC1C(O)C(COS(=O)(=O)O)OC(OCCNC(=O)C2CC(/C=C/c3ccccc3)CC2C=CCOCCOCC(=O)NCCCCCNC(=S)Nc2ccc(-c3c4ccc(=O)cc-4oc4cc(O)ccc34)c(C(O)O)c2)C1O. The van der Waals surface area contributed by atoms with Gasteiger partial charge in [-0.15, -0.1) is 0 Å². The van der Waals surface area contributed by atoms with Crippen LogP contribution in [0.2, 0.25) is 0 Å². The predicted octanol–water partition coefficient (Wildman–Crippen LogP) is 4.81. The first-order valence-corrected chi connectivity index (χ1v) is 27.8. The highest BCUT2D eigenvalue weighted by Crippen LogP contribution is 2.44. The molecule has 0 bridgehead atoms. The number of amides is 2. The third-order valence-corrected chi connectivity index (χ3v) is 14.3. The zero-order valence-corrected chi connectivity index (χ0v) is 45.1. The van der Waals surface area contributed by atoms with E-state index in [4.69, 9.17) is 40.1 Å². The van der Waals surface area contributed by atoms with Gasteiger partial charge in [0.05, 0.1) is 39.1 Å². The number of allylic oxidation sites excluding steroid dienone is 2. The molecule has 10 N–H and O–H groups in total. The van der Waals surface area contributed by atoms with Gasteiger partial charge >= 0.3 is 10.4 Å². The number of thiocarbonyl (C=S) groups is 1. The third kappa shape index (κ3) is 17.9. The minimum atomic E-state index is -4.79. The van der Waals surface area contributed by atoms with Crippen molar-refractivity contribution in [1.29, 1.82) is 0 Å². The number of aliphatic hydroxyl groups excluding tert-OH is 3. The number of aliphatic hydroxyl groups is 4. The molecule has 3 aromatic carbocycles. The first kappa shape index (κ1) is 60.5. The second-order valence-corrected chi connectivity index (χ2v) is 20.9. The van der Waals surface area contributed by atoms with E-state index in [1.165, 1.54) is 31.2 Å². The number of carbonyl (C=O) groups is 2. The Kier molecular flexibility index (Phi) is 22.4. The summed E-state index contributed by atoms with van der Waals surface area (Å²) in [4.78, 5) is 38.1. The van der Waals surface area contributed by atoms with Crippen LogP contribution in [0, 0.1) is 23.7 Å². The molecule has 2 aliphatic carbocycles. The number of phenols is 1. The van der Waals surface area contributed by atoms with Gasteiger partial charge in [0.25, 0.3) is 0 Å². The molecule has 8 unspecified atom stereocenters. The molecular formula is C56H68N4O17S2. The molecule has 7 rings (SSSR count). The summed E-state index contributed by atoms with van der Waals surface area (Å²) in [7, 11) is -4.79. The van der Waals surface area contributed by atoms with Gasteiger partial charge < -0.3 is 70.2 Å². The molecule has 23 heteroatoms. The van der Waals surface area contributed by atoms with Crippen LogP contribution in [0.15, 0.2) is 112 Å². The van der Waals surface area contributed by atoms with Crippen LogP contribution in [0.5, 0.6) is 5.75 Å². The topological polar surface area (TPSA) is 314 Å². The van der Waals surface area contributed by atoms with Crippen molar-refractivity contribution >= 4 is 62.3 Å². The van der Waals surface area contributed by atoms with Gasteiger partial charge in [-0.25, -0.2) is 4.18 Å². The molecule has 1 saturated carbocycles. The number of unbranched alkanes of at least 4 members (excludes halogenated alkanes) is 2. The van der Waals surface area contributed by atoms with Crippen LogP contribution < -0.4 is 26.7 Å². The molecule has 0 aromatic heterocycles. The summed E-state index contributed by atoms with van der Waals surface area (Å²) in [6, 6.07) is 23.9. The van der Waals surface area contributed by atoms with Gasteiger partial charge in [0, 0.05) is 71.4 Å². The highest BCUT2D eigenvalue weighted by Gasteiger charge is 2.43. The number of fused-ring (bicyclic) bond motifs is 2. The number of rotatable bonds is 27. The van der Waals surface area contributed by atoms with Crippen molar-refractivity contribution in [3.8, 4) is 28.2 Å². The molecule has 1 saturated heterocycles. The summed E-state index contributed by atoms with van der Waals surface area (Å²) in [6.45, 7) is 2.47. The fourth-order valence-electron chi connectivity index (χ4n) is 9.60. The number of benzene rings is 4. The van der Waals surface area contributed by atoms with E-state index in [2.05, 4.69) is 31.5 Å². The highest BCUT2D eigenvalue weighted by molar-refractivity contribution is 7.81. The van der Waals surface area contributed by atoms with Gasteiger partial charge in [0.1, 0.15) is 35.9 Å². The molecule has 21 nitrogen and oxygen atoms in total.